The van der Waals surface area contributed by atoms with Crippen molar-refractivity contribution in [1.29, 1.82) is 0 Å². The summed E-state index contributed by atoms with van der Waals surface area (Å²) in [5.74, 6) is -2.39. The fraction of sp³-hybridized carbons (Fsp3) is 0.222. The smallest absolute Gasteiger partial charge is 0.295 e. The van der Waals surface area contributed by atoms with Crippen LogP contribution in [0.2, 0.25) is 0 Å². The van der Waals surface area contributed by atoms with E-state index in [2.05, 4.69) is 0 Å². The fourth-order valence-corrected chi connectivity index (χ4v) is 4.48. The number of carbonyl (C=O) groups excluding carboxylic acids is 3. The van der Waals surface area contributed by atoms with Gasteiger partial charge in [-0.15, -0.1) is 0 Å². The number of ether oxygens (including phenoxy) is 3. The summed E-state index contributed by atoms with van der Waals surface area (Å²) in [6.07, 6.45) is -0.445. The van der Waals surface area contributed by atoms with Crippen LogP contribution in [-0.2, 0) is 19.1 Å². The van der Waals surface area contributed by atoms with Crippen LogP contribution in [0.3, 0.4) is 0 Å². The average Bonchev–Trinajstić information content (AvgIpc) is 3.52. The number of amides is 1. The van der Waals surface area contributed by atoms with Gasteiger partial charge in [-0.3, -0.25) is 19.3 Å². The van der Waals surface area contributed by atoms with E-state index in [9.17, 15) is 14.4 Å². The summed E-state index contributed by atoms with van der Waals surface area (Å²) in [5.41, 5.74) is 2.40. The van der Waals surface area contributed by atoms with E-state index in [1.807, 2.05) is 42.5 Å². The Hall–Kier alpha value is -3.81. The molecule has 0 radical (unpaired) electrons. The minimum absolute atomic E-state index is 0.348. The number of benzene rings is 3. The third-order valence-corrected chi connectivity index (χ3v) is 6.17. The Balaban J connectivity index is 1.53. The van der Waals surface area contributed by atoms with Gasteiger partial charge in [-0.1, -0.05) is 42.5 Å². The van der Waals surface area contributed by atoms with E-state index >= 15 is 0 Å². The third-order valence-electron chi connectivity index (χ3n) is 6.17. The molecule has 2 saturated heterocycles. The van der Waals surface area contributed by atoms with Crippen LogP contribution in [0.4, 0.5) is 5.69 Å². The van der Waals surface area contributed by atoms with Gasteiger partial charge in [0.2, 0.25) is 5.78 Å². The third kappa shape index (κ3) is 3.89. The molecule has 2 heterocycles. The number of nitrogens with zero attached hydrogens (tertiary/aromatic N) is 1. The Kier molecular flexibility index (Phi) is 5.96. The summed E-state index contributed by atoms with van der Waals surface area (Å²) < 4.78 is 16.2. The first-order valence-electron chi connectivity index (χ1n) is 11.0. The number of anilines is 1. The molecule has 2 aliphatic heterocycles. The molecule has 1 amide bonds. The van der Waals surface area contributed by atoms with Crippen LogP contribution in [-0.4, -0.2) is 37.8 Å². The first kappa shape index (κ1) is 22.0. The van der Waals surface area contributed by atoms with Crippen molar-refractivity contribution < 1.29 is 28.6 Å². The molecule has 3 aromatic rings. The highest BCUT2D eigenvalue weighted by atomic mass is 16.7. The number of methoxy groups -OCH3 is 1. The highest BCUT2D eigenvalue weighted by Crippen LogP contribution is 2.41. The summed E-state index contributed by atoms with van der Waals surface area (Å²) in [6.45, 7) is 1.05. The van der Waals surface area contributed by atoms with E-state index in [4.69, 9.17) is 14.2 Å². The van der Waals surface area contributed by atoms with E-state index < -0.39 is 35.7 Å². The fourth-order valence-electron chi connectivity index (χ4n) is 4.48. The highest BCUT2D eigenvalue weighted by Gasteiger charge is 2.52. The molecule has 0 aromatic heterocycles. The number of rotatable bonds is 6. The zero-order valence-electron chi connectivity index (χ0n) is 18.5. The molecular weight excluding hydrogens is 434 g/mol. The van der Waals surface area contributed by atoms with E-state index in [-0.39, 0.29) is 0 Å². The maximum Gasteiger partial charge on any atom is 0.295 e. The lowest BCUT2D eigenvalue weighted by atomic mass is 9.86. The lowest BCUT2D eigenvalue weighted by molar-refractivity contribution is -0.135. The Morgan fingerprint density at radius 1 is 0.853 bits per heavy atom. The second-order valence-electron chi connectivity index (χ2n) is 8.13. The quantitative estimate of drug-likeness (QED) is 0.317. The van der Waals surface area contributed by atoms with Gasteiger partial charge in [0.15, 0.2) is 12.1 Å². The summed E-state index contributed by atoms with van der Waals surface area (Å²) in [7, 11) is 1.54. The maximum absolute atomic E-state index is 13.5. The van der Waals surface area contributed by atoms with Gasteiger partial charge < -0.3 is 14.2 Å². The van der Waals surface area contributed by atoms with Crippen molar-refractivity contribution in [3.05, 3.63) is 95.6 Å². The van der Waals surface area contributed by atoms with Gasteiger partial charge in [0, 0.05) is 16.8 Å². The van der Waals surface area contributed by atoms with Gasteiger partial charge in [-0.2, -0.15) is 0 Å². The molecule has 7 heteroatoms. The predicted octanol–water partition coefficient (Wildman–Crippen LogP) is 3.90. The number of carbonyl (C=O) groups is 3. The molecule has 2 unspecified atom stereocenters. The van der Waals surface area contributed by atoms with Crippen molar-refractivity contribution in [2.45, 2.75) is 12.3 Å². The standard InChI is InChI=1S/C27H23NO6/c1-32-21-13-9-18(10-14-21)24(29)22-23(17-5-3-2-4-6-17)28(26(31)25(22)30)20-11-7-19(8-12-20)27-33-15-16-34-27/h2-14,22-23,27H,15-16H2,1H3. The van der Waals surface area contributed by atoms with Crippen molar-refractivity contribution in [3.63, 3.8) is 0 Å². The molecule has 0 aliphatic carbocycles. The average molecular weight is 457 g/mol. The van der Waals surface area contributed by atoms with Gasteiger partial charge in [-0.05, 0) is 42.0 Å². The number of hydrogen-bond donors (Lipinski definition) is 0. The molecule has 2 atom stereocenters. The van der Waals surface area contributed by atoms with Gasteiger partial charge in [0.1, 0.15) is 11.7 Å². The monoisotopic (exact) mass is 457 g/mol. The van der Waals surface area contributed by atoms with E-state index in [1.54, 1.807) is 36.4 Å². The second kappa shape index (κ2) is 9.21. The zero-order chi connectivity index (χ0) is 23.7. The van der Waals surface area contributed by atoms with Gasteiger partial charge >= 0.3 is 0 Å². The summed E-state index contributed by atoms with van der Waals surface area (Å²) in [4.78, 5) is 41.4. The second-order valence-corrected chi connectivity index (χ2v) is 8.13. The van der Waals surface area contributed by atoms with Crippen LogP contribution in [0.1, 0.15) is 33.8 Å². The molecule has 172 valence electrons. The molecule has 5 rings (SSSR count). The Morgan fingerprint density at radius 2 is 1.50 bits per heavy atom. The van der Waals surface area contributed by atoms with Crippen LogP contribution < -0.4 is 9.64 Å². The van der Waals surface area contributed by atoms with Crippen LogP contribution >= 0.6 is 0 Å². The van der Waals surface area contributed by atoms with Crippen LogP contribution in [0.25, 0.3) is 0 Å². The first-order valence-corrected chi connectivity index (χ1v) is 11.0. The van der Waals surface area contributed by atoms with Gasteiger partial charge in [-0.25, -0.2) is 0 Å². The number of hydrogen-bond acceptors (Lipinski definition) is 6. The van der Waals surface area contributed by atoms with E-state index in [1.165, 1.54) is 12.0 Å². The van der Waals surface area contributed by atoms with Crippen LogP contribution in [0.15, 0.2) is 78.9 Å². The normalized spacial score (nSPS) is 20.7. The van der Waals surface area contributed by atoms with Crippen molar-refractivity contribution in [2.75, 3.05) is 25.2 Å². The molecule has 0 bridgehead atoms. The summed E-state index contributed by atoms with van der Waals surface area (Å²) in [6, 6.07) is 22.1. The predicted molar refractivity (Wildman–Crippen MR) is 124 cm³/mol. The molecule has 3 aromatic carbocycles. The van der Waals surface area contributed by atoms with Gasteiger partial charge in [0.25, 0.3) is 5.91 Å². The zero-order valence-corrected chi connectivity index (χ0v) is 18.5. The molecule has 7 nitrogen and oxygen atoms in total. The maximum atomic E-state index is 13.5. The minimum Gasteiger partial charge on any atom is -0.497 e. The van der Waals surface area contributed by atoms with Crippen molar-refractivity contribution in [3.8, 4) is 5.75 Å². The van der Waals surface area contributed by atoms with Gasteiger partial charge in [0.05, 0.1) is 26.4 Å². The lowest BCUT2D eigenvalue weighted by Crippen LogP contribution is -2.30. The Morgan fingerprint density at radius 3 is 2.12 bits per heavy atom. The molecule has 34 heavy (non-hydrogen) atoms. The Labute approximate surface area is 196 Å². The lowest BCUT2D eigenvalue weighted by Gasteiger charge is -2.27. The first-order chi connectivity index (χ1) is 16.6. The molecular formula is C27H23NO6. The number of Topliss-reactive ketones (excluding diaryl/α,β-unsaturated/α-hetero) is 2. The van der Waals surface area contributed by atoms with E-state index in [0.717, 1.165) is 5.56 Å². The van der Waals surface area contributed by atoms with E-state index in [0.29, 0.717) is 35.8 Å². The minimum atomic E-state index is -1.16. The molecule has 0 N–H and O–H groups in total. The summed E-state index contributed by atoms with van der Waals surface area (Å²) in [5, 5.41) is 0. The molecule has 0 saturated carbocycles. The van der Waals surface area contributed by atoms with Crippen molar-refractivity contribution in [1.82, 2.24) is 0 Å². The molecule has 2 aliphatic rings. The van der Waals surface area contributed by atoms with Crippen LogP contribution in [0.5, 0.6) is 5.75 Å². The largest absolute Gasteiger partial charge is 0.497 e. The highest BCUT2D eigenvalue weighted by molar-refractivity contribution is 6.49. The number of ketones is 2. The van der Waals surface area contributed by atoms with Crippen molar-refractivity contribution >= 4 is 23.2 Å². The topological polar surface area (TPSA) is 82.1 Å². The van der Waals surface area contributed by atoms with Crippen LogP contribution in [0, 0.1) is 5.92 Å². The molecule has 0 spiro atoms. The Bertz CT molecular complexity index is 1200. The summed E-state index contributed by atoms with van der Waals surface area (Å²) >= 11 is 0. The SMILES string of the molecule is COc1ccc(C(=O)C2C(=O)C(=O)N(c3ccc(C4OCCO4)cc3)C2c2ccccc2)cc1. The van der Waals surface area contributed by atoms with Crippen molar-refractivity contribution in [2.24, 2.45) is 5.92 Å². The molecule has 2 fully saturated rings.